The fraction of sp³-hybridized carbons (Fsp3) is 0.783. The number of thioether (sulfide) groups is 1. The number of hydrogen-bond acceptors (Lipinski definition) is 6. The topological polar surface area (TPSA) is 110 Å². The van der Waals surface area contributed by atoms with E-state index < -0.39 is 18.0 Å². The lowest BCUT2D eigenvalue weighted by Crippen LogP contribution is -2.63. The van der Waals surface area contributed by atoms with E-state index in [1.54, 1.807) is 6.92 Å². The number of nitrogens with zero attached hydrogens (tertiary/aromatic N) is 3. The first kappa shape index (κ1) is 25.4. The van der Waals surface area contributed by atoms with E-state index in [4.69, 9.17) is 0 Å². The number of likely N-dealkylation sites (N-methyl/N-ethyl adjacent to an activating group) is 1. The summed E-state index contributed by atoms with van der Waals surface area (Å²) < 4.78 is 13.5. The average Bonchev–Trinajstić information content (AvgIpc) is 3.46. The van der Waals surface area contributed by atoms with Crippen molar-refractivity contribution in [2.24, 2.45) is 11.8 Å². The number of aliphatic hydroxyl groups is 1. The number of β-lactam (4-membered cyclic amide) rings is 1. The Balaban J connectivity index is 1.39. The van der Waals surface area contributed by atoms with Gasteiger partial charge in [0.15, 0.2) is 0 Å². The number of amides is 2. The number of halogens is 1. The molecule has 4 aliphatic rings. The number of carboxylic acids is 1. The summed E-state index contributed by atoms with van der Waals surface area (Å²) in [6.45, 7) is 5.38. The Morgan fingerprint density at radius 1 is 1.35 bits per heavy atom. The van der Waals surface area contributed by atoms with Crippen LogP contribution in [0, 0.1) is 11.8 Å². The van der Waals surface area contributed by atoms with Crippen molar-refractivity contribution in [2.75, 3.05) is 46.9 Å². The molecule has 0 aliphatic carbocycles. The number of fused-ring (bicyclic) bond motifs is 1. The molecular weight excluding hydrogens is 463 g/mol. The minimum Gasteiger partial charge on any atom is -0.477 e. The second-order valence-corrected chi connectivity index (χ2v) is 12.0. The minimum absolute atomic E-state index is 0.0108. The lowest BCUT2D eigenvalue weighted by molar-refractivity contribution is -0.912. The predicted molar refractivity (Wildman–Crippen MR) is 125 cm³/mol. The normalized spacial score (nSPS) is 34.5. The third kappa shape index (κ3) is 4.25. The van der Waals surface area contributed by atoms with E-state index in [-0.39, 0.29) is 53.5 Å². The maximum atomic E-state index is 13.2. The van der Waals surface area contributed by atoms with Crippen LogP contribution in [0.1, 0.15) is 26.7 Å². The van der Waals surface area contributed by atoms with Crippen LogP contribution in [0.3, 0.4) is 0 Å². The zero-order valence-corrected chi connectivity index (χ0v) is 21.1. The number of aliphatic hydroxyl groups excluding tert-OH is 1. The Morgan fingerprint density at radius 3 is 2.68 bits per heavy atom. The van der Waals surface area contributed by atoms with Gasteiger partial charge in [-0.15, -0.1) is 11.8 Å². The molecule has 34 heavy (non-hydrogen) atoms. The molecule has 0 aromatic heterocycles. The molecule has 0 radical (unpaired) electrons. The molecular formula is C23H36FN4O5S+. The predicted octanol–water partition coefficient (Wildman–Crippen LogP) is 0.251. The second kappa shape index (κ2) is 9.40. The molecule has 3 N–H and O–H groups in total. The van der Waals surface area contributed by atoms with Crippen LogP contribution < -0.4 is 5.32 Å². The van der Waals surface area contributed by atoms with Gasteiger partial charge < -0.3 is 29.8 Å². The Hall–Kier alpha value is -1.69. The van der Waals surface area contributed by atoms with Crippen molar-refractivity contribution in [3.05, 3.63) is 10.6 Å². The quantitative estimate of drug-likeness (QED) is 0.324. The largest absolute Gasteiger partial charge is 0.477 e. The Kier molecular flexibility index (Phi) is 7.03. The lowest BCUT2D eigenvalue weighted by Gasteiger charge is -2.46. The van der Waals surface area contributed by atoms with Gasteiger partial charge in [-0.05, 0) is 13.3 Å². The van der Waals surface area contributed by atoms with Gasteiger partial charge in [0.05, 0.1) is 44.7 Å². The van der Waals surface area contributed by atoms with E-state index >= 15 is 0 Å². The van der Waals surface area contributed by atoms with Crippen molar-refractivity contribution in [3.8, 4) is 0 Å². The Labute approximate surface area is 203 Å². The molecule has 0 saturated carbocycles. The Morgan fingerprint density at radius 2 is 2.06 bits per heavy atom. The molecule has 6 unspecified atom stereocenters. The second-order valence-electron chi connectivity index (χ2n) is 10.6. The van der Waals surface area contributed by atoms with Crippen molar-refractivity contribution in [3.63, 3.8) is 0 Å². The first-order valence-corrected chi connectivity index (χ1v) is 12.9. The van der Waals surface area contributed by atoms with Gasteiger partial charge in [0.1, 0.15) is 25.0 Å². The van der Waals surface area contributed by atoms with E-state index in [2.05, 4.69) is 5.32 Å². The zero-order valence-electron chi connectivity index (χ0n) is 20.2. The van der Waals surface area contributed by atoms with Gasteiger partial charge in [0, 0.05) is 35.6 Å². The molecule has 7 atom stereocenters. The van der Waals surface area contributed by atoms with Crippen molar-refractivity contribution in [1.82, 2.24) is 15.1 Å². The van der Waals surface area contributed by atoms with E-state index in [1.807, 2.05) is 25.9 Å². The van der Waals surface area contributed by atoms with Crippen LogP contribution in [-0.2, 0) is 14.4 Å². The summed E-state index contributed by atoms with van der Waals surface area (Å²) in [7, 11) is 4.01. The first-order chi connectivity index (χ1) is 16.0. The number of aliphatic carboxylic acids is 1. The van der Waals surface area contributed by atoms with Gasteiger partial charge in [0.25, 0.3) is 0 Å². The average molecular weight is 500 g/mol. The van der Waals surface area contributed by atoms with Gasteiger partial charge in [0.2, 0.25) is 11.8 Å². The Bertz CT molecular complexity index is 897. The van der Waals surface area contributed by atoms with Crippen molar-refractivity contribution in [2.45, 2.75) is 56.2 Å². The van der Waals surface area contributed by atoms with Crippen molar-refractivity contribution >= 4 is 29.5 Å². The number of rotatable bonds is 8. The van der Waals surface area contributed by atoms with Crippen LogP contribution in [0.4, 0.5) is 4.39 Å². The van der Waals surface area contributed by atoms with E-state index in [0.717, 1.165) is 6.42 Å². The minimum atomic E-state index is -1.13. The van der Waals surface area contributed by atoms with Crippen LogP contribution in [0.5, 0.6) is 0 Å². The third-order valence-electron chi connectivity index (χ3n) is 8.12. The number of quaternary nitrogens is 1. The molecule has 3 fully saturated rings. The summed E-state index contributed by atoms with van der Waals surface area (Å²) in [4.78, 5) is 41.6. The molecule has 9 nitrogen and oxygen atoms in total. The van der Waals surface area contributed by atoms with E-state index in [9.17, 15) is 29.0 Å². The summed E-state index contributed by atoms with van der Waals surface area (Å²) in [6.07, 6.45) is 0.601. The van der Waals surface area contributed by atoms with Gasteiger partial charge in [-0.2, -0.15) is 0 Å². The van der Waals surface area contributed by atoms with Crippen LogP contribution in [-0.4, -0.2) is 119 Å². The lowest BCUT2D eigenvalue weighted by atomic mass is 9.79. The number of carboxylic acid groups (broad SMARTS) is 1. The number of carbonyl (C=O) groups is 3. The van der Waals surface area contributed by atoms with Gasteiger partial charge in [-0.25, -0.2) is 9.18 Å². The fourth-order valence-corrected chi connectivity index (χ4v) is 7.45. The zero-order chi connectivity index (χ0) is 24.9. The monoisotopic (exact) mass is 499 g/mol. The maximum absolute atomic E-state index is 13.2. The van der Waals surface area contributed by atoms with Crippen molar-refractivity contribution in [1.29, 1.82) is 0 Å². The van der Waals surface area contributed by atoms with Crippen LogP contribution in [0.2, 0.25) is 0 Å². The van der Waals surface area contributed by atoms with Gasteiger partial charge in [-0.1, -0.05) is 6.92 Å². The molecule has 3 saturated heterocycles. The number of alkyl halides is 1. The molecule has 0 bridgehead atoms. The van der Waals surface area contributed by atoms with Gasteiger partial charge in [-0.3, -0.25) is 9.59 Å². The molecule has 11 heteroatoms. The number of carbonyl (C=O) groups excluding carboxylic acids is 2. The highest BCUT2D eigenvalue weighted by Crippen LogP contribution is 2.51. The fourth-order valence-electron chi connectivity index (χ4n) is 5.97. The highest BCUT2D eigenvalue weighted by molar-refractivity contribution is 8.03. The van der Waals surface area contributed by atoms with E-state index in [0.29, 0.717) is 42.0 Å². The summed E-state index contributed by atoms with van der Waals surface area (Å²) in [5.41, 5.74) is 0.0226. The number of hydrogen-bond donors (Lipinski definition) is 3. The third-order valence-corrected chi connectivity index (χ3v) is 9.63. The summed E-state index contributed by atoms with van der Waals surface area (Å²) >= 11 is 1.44. The summed E-state index contributed by atoms with van der Waals surface area (Å²) in [5.74, 6) is -2.19. The SMILES string of the molecule is CC(O)C1C(=O)N2C(C(=O)O)=C(SC3CNC(C(=O)N4CCC([N+](C)(C)CCF)C4)C3)C(C)[C@H]12. The highest BCUT2D eigenvalue weighted by Gasteiger charge is 2.60. The van der Waals surface area contributed by atoms with Crippen molar-refractivity contribution < 1.29 is 33.5 Å². The first-order valence-electron chi connectivity index (χ1n) is 12.0. The molecule has 0 aromatic rings. The van der Waals surface area contributed by atoms with Crippen LogP contribution in [0.15, 0.2) is 10.6 Å². The molecule has 0 spiro atoms. The van der Waals surface area contributed by atoms with Gasteiger partial charge >= 0.3 is 5.97 Å². The smallest absolute Gasteiger partial charge is 0.353 e. The van der Waals surface area contributed by atoms with Crippen LogP contribution >= 0.6 is 11.8 Å². The van der Waals surface area contributed by atoms with E-state index in [1.165, 1.54) is 16.7 Å². The standard InChI is InChI=1S/C23H35FN4O5S/c1-12-18-17(13(2)29)22(31)27(18)19(23(32)33)20(12)34-15-9-16(25-10-15)21(30)26-7-5-14(11-26)28(3,4)8-6-24/h12-18,25,29H,5-11H2,1-4H3/p+1/t12?,13?,14?,15?,16?,17?,18-/m1/s1. The summed E-state index contributed by atoms with van der Waals surface area (Å²) in [5, 5.41) is 23.1. The molecule has 0 aromatic carbocycles. The molecule has 4 aliphatic heterocycles. The molecule has 4 heterocycles. The molecule has 2 amide bonds. The molecule has 190 valence electrons. The molecule has 4 rings (SSSR count). The maximum Gasteiger partial charge on any atom is 0.353 e. The number of nitrogens with one attached hydrogen (secondary N) is 1. The number of likely N-dealkylation sites (tertiary alicyclic amines) is 1. The summed E-state index contributed by atoms with van der Waals surface area (Å²) in [6, 6.07) is -0.444. The van der Waals surface area contributed by atoms with Crippen LogP contribution in [0.25, 0.3) is 0 Å². The highest BCUT2D eigenvalue weighted by atomic mass is 32.2.